The molecule has 1 nitrogen and oxygen atoms in total. The summed E-state index contributed by atoms with van der Waals surface area (Å²) in [5, 5.41) is -0.560. The fourth-order valence-corrected chi connectivity index (χ4v) is 3.07. The van der Waals surface area contributed by atoms with E-state index in [1.165, 1.54) is 0 Å². The molecule has 0 N–H and O–H groups in total. The molecular weight excluding hydrogens is 464 g/mol. The van der Waals surface area contributed by atoms with Gasteiger partial charge in [-0.2, -0.15) is 26.3 Å². The first kappa shape index (κ1) is 20.4. The highest BCUT2D eigenvalue weighted by atomic mass is 79.9. The summed E-state index contributed by atoms with van der Waals surface area (Å²) >= 11 is 2.88. The molecule has 0 saturated heterocycles. The maximum Gasteiger partial charge on any atom is 0.450 e. The molecule has 1 heterocycles. The largest absolute Gasteiger partial charge is 0.451 e. The molecular formula is C18H7BrF8O. The van der Waals surface area contributed by atoms with Crippen LogP contribution in [0.4, 0.5) is 35.1 Å². The number of halogens is 9. The van der Waals surface area contributed by atoms with Crippen molar-refractivity contribution in [3.05, 3.63) is 69.4 Å². The highest BCUT2D eigenvalue weighted by Crippen LogP contribution is 2.47. The second kappa shape index (κ2) is 6.91. The summed E-state index contributed by atoms with van der Waals surface area (Å²) in [6.07, 6.45) is -10.1. The summed E-state index contributed by atoms with van der Waals surface area (Å²) in [6, 6.07) is 4.77. The molecule has 0 unspecified atom stereocenters. The minimum Gasteiger partial charge on any atom is -0.451 e. The van der Waals surface area contributed by atoms with Crippen molar-refractivity contribution in [3.8, 4) is 0 Å². The van der Waals surface area contributed by atoms with Crippen molar-refractivity contribution < 1.29 is 39.5 Å². The van der Waals surface area contributed by atoms with E-state index >= 15 is 0 Å². The Morgan fingerprint density at radius 1 is 0.893 bits per heavy atom. The molecule has 0 aliphatic carbocycles. The Kier molecular flexibility index (Phi) is 5.03. The molecule has 10 heteroatoms. The van der Waals surface area contributed by atoms with E-state index in [-0.39, 0.29) is 10.0 Å². The Balaban J connectivity index is 2.38. The van der Waals surface area contributed by atoms with Gasteiger partial charge in [-0.3, -0.25) is 0 Å². The van der Waals surface area contributed by atoms with Gasteiger partial charge in [0.2, 0.25) is 5.76 Å². The summed E-state index contributed by atoms with van der Waals surface area (Å²) in [4.78, 5) is 0. The molecule has 0 saturated carbocycles. The van der Waals surface area contributed by atoms with Gasteiger partial charge in [0, 0.05) is 21.5 Å². The normalized spacial score (nSPS) is 13.4. The number of hydrogen-bond acceptors (Lipinski definition) is 1. The van der Waals surface area contributed by atoms with Crippen LogP contribution in [0.5, 0.6) is 0 Å². The van der Waals surface area contributed by atoms with Crippen LogP contribution in [-0.4, -0.2) is 6.18 Å². The van der Waals surface area contributed by atoms with Gasteiger partial charge in [-0.05, 0) is 35.9 Å². The summed E-state index contributed by atoms with van der Waals surface area (Å²) in [6.45, 7) is 0. The average Bonchev–Trinajstić information content (AvgIpc) is 2.91. The van der Waals surface area contributed by atoms with E-state index in [2.05, 4.69) is 20.3 Å². The minimum atomic E-state index is -5.27. The van der Waals surface area contributed by atoms with Gasteiger partial charge in [0.05, 0.1) is 5.57 Å². The molecule has 0 radical (unpaired) electrons. The van der Waals surface area contributed by atoms with Crippen LogP contribution in [0.1, 0.15) is 16.9 Å². The van der Waals surface area contributed by atoms with E-state index in [0.29, 0.717) is 12.1 Å². The second-order valence-electron chi connectivity index (χ2n) is 5.67. The zero-order chi connectivity index (χ0) is 20.9. The van der Waals surface area contributed by atoms with Crippen molar-refractivity contribution in [2.45, 2.75) is 12.4 Å². The average molecular weight is 471 g/mol. The van der Waals surface area contributed by atoms with Crippen molar-refractivity contribution in [2.75, 3.05) is 0 Å². The van der Waals surface area contributed by atoms with Gasteiger partial charge in [-0.25, -0.2) is 8.78 Å². The van der Waals surface area contributed by atoms with Crippen LogP contribution in [0.3, 0.4) is 0 Å². The maximum absolute atomic E-state index is 13.7. The van der Waals surface area contributed by atoms with Gasteiger partial charge in [0.1, 0.15) is 17.2 Å². The third-order valence-electron chi connectivity index (χ3n) is 3.75. The van der Waals surface area contributed by atoms with Crippen LogP contribution in [0.15, 0.2) is 45.3 Å². The number of hydrogen-bond donors (Lipinski definition) is 0. The third-order valence-corrected chi connectivity index (χ3v) is 4.43. The first-order chi connectivity index (χ1) is 12.9. The Hall–Kier alpha value is -2.36. The summed E-state index contributed by atoms with van der Waals surface area (Å²) in [5.41, 5.74) is -3.84. The van der Waals surface area contributed by atoms with E-state index in [1.54, 1.807) is 0 Å². The van der Waals surface area contributed by atoms with Gasteiger partial charge < -0.3 is 4.42 Å². The highest BCUT2D eigenvalue weighted by Gasteiger charge is 2.46. The Morgan fingerprint density at radius 2 is 1.50 bits per heavy atom. The monoisotopic (exact) mass is 470 g/mol. The van der Waals surface area contributed by atoms with Crippen LogP contribution < -0.4 is 0 Å². The molecule has 0 atom stereocenters. The van der Waals surface area contributed by atoms with E-state index in [0.717, 1.165) is 30.3 Å². The lowest BCUT2D eigenvalue weighted by Crippen LogP contribution is -2.15. The molecule has 0 amide bonds. The lowest BCUT2D eigenvalue weighted by molar-refractivity contribution is -0.152. The summed E-state index contributed by atoms with van der Waals surface area (Å²) in [7, 11) is 0. The standard InChI is InChI=1S/C18H7BrF8O/c19-13-6-9(20)2-1-8(13)5-12(17(22,23)24)15-11-4-3-10(21)7-14(11)28-16(15)18(25,26)27/h1-7H/b12-5+. The Morgan fingerprint density at radius 3 is 2.07 bits per heavy atom. The van der Waals surface area contributed by atoms with Crippen LogP contribution in [0.2, 0.25) is 0 Å². The first-order valence-electron chi connectivity index (χ1n) is 7.41. The summed E-state index contributed by atoms with van der Waals surface area (Å²) < 4.78 is 112. The van der Waals surface area contributed by atoms with Crippen molar-refractivity contribution in [2.24, 2.45) is 0 Å². The fraction of sp³-hybridized carbons (Fsp3) is 0.111. The smallest absolute Gasteiger partial charge is 0.450 e. The van der Waals surface area contributed by atoms with E-state index in [4.69, 9.17) is 0 Å². The maximum atomic E-state index is 13.7. The molecule has 3 aromatic rings. The van der Waals surface area contributed by atoms with Gasteiger partial charge in [-0.15, -0.1) is 0 Å². The number of fused-ring (bicyclic) bond motifs is 1. The van der Waals surface area contributed by atoms with Crippen molar-refractivity contribution >= 4 is 38.5 Å². The number of allylic oxidation sites excluding steroid dienone is 1. The predicted molar refractivity (Wildman–Crippen MR) is 89.2 cm³/mol. The second-order valence-corrected chi connectivity index (χ2v) is 6.52. The van der Waals surface area contributed by atoms with Crippen molar-refractivity contribution in [1.29, 1.82) is 0 Å². The topological polar surface area (TPSA) is 13.1 Å². The molecule has 0 bridgehead atoms. The Labute approximate surface area is 160 Å². The van der Waals surface area contributed by atoms with Crippen molar-refractivity contribution in [3.63, 3.8) is 0 Å². The minimum absolute atomic E-state index is 0.0957. The van der Waals surface area contributed by atoms with Crippen molar-refractivity contribution in [1.82, 2.24) is 0 Å². The molecule has 2 aromatic carbocycles. The quantitative estimate of drug-likeness (QED) is 0.351. The SMILES string of the molecule is Fc1ccc(/C=C(\c2c(C(F)(F)F)oc3cc(F)ccc23)C(F)(F)F)c(Br)c1. The van der Waals surface area contributed by atoms with Gasteiger partial charge in [0.15, 0.2) is 0 Å². The van der Waals surface area contributed by atoms with Crippen LogP contribution in [-0.2, 0) is 6.18 Å². The van der Waals surface area contributed by atoms with Gasteiger partial charge in [-0.1, -0.05) is 22.0 Å². The highest BCUT2D eigenvalue weighted by molar-refractivity contribution is 9.10. The molecule has 0 fully saturated rings. The number of alkyl halides is 6. The molecule has 1 aromatic heterocycles. The van der Waals surface area contributed by atoms with Crippen LogP contribution >= 0.6 is 15.9 Å². The third kappa shape index (κ3) is 3.91. The molecule has 28 heavy (non-hydrogen) atoms. The van der Waals surface area contributed by atoms with Gasteiger partial charge in [0.25, 0.3) is 0 Å². The lowest BCUT2D eigenvalue weighted by Gasteiger charge is -2.14. The molecule has 0 aliphatic heterocycles. The van der Waals surface area contributed by atoms with Crippen LogP contribution in [0.25, 0.3) is 22.6 Å². The molecule has 3 rings (SSSR count). The molecule has 148 valence electrons. The number of furan rings is 1. The zero-order valence-corrected chi connectivity index (χ0v) is 14.9. The van der Waals surface area contributed by atoms with Crippen LogP contribution in [0, 0.1) is 11.6 Å². The number of benzene rings is 2. The van der Waals surface area contributed by atoms with Gasteiger partial charge >= 0.3 is 12.4 Å². The Bertz CT molecular complexity index is 1080. The van der Waals surface area contributed by atoms with E-state index < -0.39 is 51.9 Å². The lowest BCUT2D eigenvalue weighted by atomic mass is 9.98. The predicted octanol–water partition coefficient (Wildman–Crippen LogP) is 7.60. The van der Waals surface area contributed by atoms with E-state index in [9.17, 15) is 35.1 Å². The van der Waals surface area contributed by atoms with E-state index in [1.807, 2.05) is 0 Å². The molecule has 0 spiro atoms. The summed E-state index contributed by atoms with van der Waals surface area (Å²) in [5.74, 6) is -3.63. The molecule has 0 aliphatic rings. The fourth-order valence-electron chi connectivity index (χ4n) is 2.61. The first-order valence-corrected chi connectivity index (χ1v) is 8.21. The zero-order valence-electron chi connectivity index (χ0n) is 13.4. The number of rotatable bonds is 2.